The Morgan fingerprint density at radius 2 is 1.94 bits per heavy atom. The lowest BCUT2D eigenvalue weighted by atomic mass is 9.96. The number of hydrogen-bond acceptors (Lipinski definition) is 3. The molecule has 2 nitrogen and oxygen atoms in total. The summed E-state index contributed by atoms with van der Waals surface area (Å²) in [5, 5.41) is 12.1. The number of nitrogens with zero attached hydrogens (tertiary/aromatic N) is 1. The topological polar surface area (TPSA) is 33.1 Å². The van der Waals surface area contributed by atoms with E-state index in [1.165, 1.54) is 23.5 Å². The second-order valence-corrected chi connectivity index (χ2v) is 5.44. The first-order valence-electron chi connectivity index (χ1n) is 5.36. The Morgan fingerprint density at radius 3 is 2.53 bits per heavy atom. The Morgan fingerprint density at radius 1 is 1.29 bits per heavy atom. The molecular formula is C13H14FNOS. The van der Waals surface area contributed by atoms with Crippen molar-refractivity contribution in [2.75, 3.05) is 6.61 Å². The molecule has 0 bridgehead atoms. The van der Waals surface area contributed by atoms with Gasteiger partial charge in [0.1, 0.15) is 10.8 Å². The lowest BCUT2D eigenvalue weighted by Gasteiger charge is -2.17. The molecule has 4 heteroatoms. The molecule has 0 unspecified atom stereocenters. The Balaban J connectivity index is 2.33. The molecule has 0 fully saturated rings. The normalized spacial score (nSPS) is 11.8. The molecule has 1 aromatic carbocycles. The average Bonchev–Trinajstić information content (AvgIpc) is 2.80. The molecule has 2 rings (SSSR count). The van der Waals surface area contributed by atoms with Crippen LogP contribution in [0.25, 0.3) is 11.3 Å². The molecule has 0 aliphatic heterocycles. The van der Waals surface area contributed by atoms with Crippen LogP contribution in [-0.4, -0.2) is 16.7 Å². The van der Waals surface area contributed by atoms with Crippen molar-refractivity contribution in [1.82, 2.24) is 4.98 Å². The van der Waals surface area contributed by atoms with Crippen molar-refractivity contribution in [3.63, 3.8) is 0 Å². The molecule has 17 heavy (non-hydrogen) atoms. The maximum Gasteiger partial charge on any atom is 0.123 e. The molecule has 0 radical (unpaired) electrons. The molecule has 1 N–H and O–H groups in total. The number of rotatable bonds is 3. The van der Waals surface area contributed by atoms with E-state index in [1.807, 2.05) is 19.2 Å². The minimum Gasteiger partial charge on any atom is -0.395 e. The molecule has 0 saturated carbocycles. The minimum absolute atomic E-state index is 0.0589. The Bertz CT molecular complexity index is 504. The highest BCUT2D eigenvalue weighted by atomic mass is 32.1. The van der Waals surface area contributed by atoms with E-state index in [2.05, 4.69) is 4.98 Å². The van der Waals surface area contributed by atoms with Crippen LogP contribution in [0.2, 0.25) is 0 Å². The summed E-state index contributed by atoms with van der Waals surface area (Å²) >= 11 is 1.52. The van der Waals surface area contributed by atoms with E-state index >= 15 is 0 Å². The van der Waals surface area contributed by atoms with Gasteiger partial charge in [-0.05, 0) is 24.3 Å². The molecule has 0 aliphatic carbocycles. The van der Waals surface area contributed by atoms with Crippen LogP contribution in [0, 0.1) is 5.82 Å². The predicted octanol–water partition coefficient (Wildman–Crippen LogP) is 3.22. The number of thiazole rings is 1. The summed E-state index contributed by atoms with van der Waals surface area (Å²) in [5.74, 6) is -0.250. The van der Waals surface area contributed by atoms with Gasteiger partial charge in [-0.15, -0.1) is 11.3 Å². The molecule has 0 saturated heterocycles. The quantitative estimate of drug-likeness (QED) is 0.908. The molecule has 0 amide bonds. The summed E-state index contributed by atoms with van der Waals surface area (Å²) in [6.07, 6.45) is 0. The van der Waals surface area contributed by atoms with E-state index < -0.39 is 0 Å². The fourth-order valence-corrected chi connectivity index (χ4v) is 2.35. The van der Waals surface area contributed by atoms with Crippen LogP contribution in [0.3, 0.4) is 0 Å². The number of aliphatic hydroxyl groups excluding tert-OH is 1. The van der Waals surface area contributed by atoms with Crippen molar-refractivity contribution in [3.8, 4) is 11.3 Å². The highest BCUT2D eigenvalue weighted by molar-refractivity contribution is 7.10. The SMILES string of the molecule is CC(C)(CO)c1nc(-c2ccc(F)cc2)cs1. The maximum absolute atomic E-state index is 12.8. The largest absolute Gasteiger partial charge is 0.395 e. The highest BCUT2D eigenvalue weighted by Crippen LogP contribution is 2.29. The number of halogens is 1. The first-order valence-corrected chi connectivity index (χ1v) is 6.24. The number of hydrogen-bond donors (Lipinski definition) is 1. The van der Waals surface area contributed by atoms with Gasteiger partial charge in [0.2, 0.25) is 0 Å². The Labute approximate surface area is 104 Å². The molecule has 0 aliphatic rings. The molecule has 2 aromatic rings. The molecule has 90 valence electrons. The van der Waals surface area contributed by atoms with E-state index in [9.17, 15) is 9.50 Å². The van der Waals surface area contributed by atoms with Gasteiger partial charge >= 0.3 is 0 Å². The maximum atomic E-state index is 12.8. The summed E-state index contributed by atoms with van der Waals surface area (Å²) in [6, 6.07) is 6.26. The van der Waals surface area contributed by atoms with Crippen molar-refractivity contribution in [1.29, 1.82) is 0 Å². The van der Waals surface area contributed by atoms with Gasteiger partial charge in [0.05, 0.1) is 12.3 Å². The molecule has 1 heterocycles. The van der Waals surface area contributed by atoms with Crippen LogP contribution in [0.4, 0.5) is 4.39 Å². The van der Waals surface area contributed by atoms with Crippen molar-refractivity contribution in [3.05, 3.63) is 40.5 Å². The predicted molar refractivity (Wildman–Crippen MR) is 67.6 cm³/mol. The zero-order valence-corrected chi connectivity index (χ0v) is 10.6. The zero-order chi connectivity index (χ0) is 12.5. The van der Waals surface area contributed by atoms with Crippen LogP contribution in [-0.2, 0) is 5.41 Å². The van der Waals surface area contributed by atoms with E-state index in [4.69, 9.17) is 0 Å². The molecular weight excluding hydrogens is 237 g/mol. The number of aliphatic hydroxyl groups is 1. The second kappa shape index (κ2) is 4.55. The third-order valence-corrected chi connectivity index (χ3v) is 3.83. The highest BCUT2D eigenvalue weighted by Gasteiger charge is 2.23. The minimum atomic E-state index is -0.330. The van der Waals surface area contributed by atoms with E-state index in [-0.39, 0.29) is 17.8 Å². The van der Waals surface area contributed by atoms with Crippen LogP contribution < -0.4 is 0 Å². The lowest BCUT2D eigenvalue weighted by molar-refractivity contribution is 0.218. The van der Waals surface area contributed by atoms with Crippen LogP contribution >= 0.6 is 11.3 Å². The monoisotopic (exact) mass is 251 g/mol. The first-order chi connectivity index (χ1) is 8.03. The van der Waals surface area contributed by atoms with Crippen LogP contribution in [0.1, 0.15) is 18.9 Å². The number of benzene rings is 1. The van der Waals surface area contributed by atoms with E-state index in [0.717, 1.165) is 16.3 Å². The van der Waals surface area contributed by atoms with Gasteiger partial charge in [-0.25, -0.2) is 9.37 Å². The van der Waals surface area contributed by atoms with Gasteiger partial charge in [0.25, 0.3) is 0 Å². The van der Waals surface area contributed by atoms with Crippen molar-refractivity contribution in [2.45, 2.75) is 19.3 Å². The van der Waals surface area contributed by atoms with Crippen LogP contribution in [0.5, 0.6) is 0 Å². The average molecular weight is 251 g/mol. The van der Waals surface area contributed by atoms with E-state index in [0.29, 0.717) is 0 Å². The van der Waals surface area contributed by atoms with E-state index in [1.54, 1.807) is 12.1 Å². The van der Waals surface area contributed by atoms with Gasteiger partial charge in [-0.2, -0.15) is 0 Å². The summed E-state index contributed by atoms with van der Waals surface area (Å²) in [4.78, 5) is 4.49. The standard InChI is InChI=1S/C13H14FNOS/c1-13(2,8-16)12-15-11(7-17-12)9-3-5-10(14)6-4-9/h3-7,16H,8H2,1-2H3. The third-order valence-electron chi connectivity index (χ3n) is 2.62. The summed E-state index contributed by atoms with van der Waals surface area (Å²) in [5.41, 5.74) is 1.39. The summed E-state index contributed by atoms with van der Waals surface area (Å²) < 4.78 is 12.8. The van der Waals surface area contributed by atoms with Crippen LogP contribution in [0.15, 0.2) is 29.6 Å². The second-order valence-electron chi connectivity index (χ2n) is 4.59. The first kappa shape index (κ1) is 12.2. The van der Waals surface area contributed by atoms with Gasteiger partial charge < -0.3 is 5.11 Å². The molecule has 0 atom stereocenters. The smallest absolute Gasteiger partial charge is 0.123 e. The molecule has 1 aromatic heterocycles. The van der Waals surface area contributed by atoms with Gasteiger partial charge in [0, 0.05) is 16.4 Å². The third kappa shape index (κ3) is 2.53. The zero-order valence-electron chi connectivity index (χ0n) is 9.77. The van der Waals surface area contributed by atoms with Gasteiger partial charge in [-0.1, -0.05) is 13.8 Å². The lowest BCUT2D eigenvalue weighted by Crippen LogP contribution is -2.21. The summed E-state index contributed by atoms with van der Waals surface area (Å²) in [6.45, 7) is 3.95. The van der Waals surface area contributed by atoms with Crippen molar-refractivity contribution >= 4 is 11.3 Å². The van der Waals surface area contributed by atoms with Gasteiger partial charge in [-0.3, -0.25) is 0 Å². The summed E-state index contributed by atoms with van der Waals surface area (Å²) in [7, 11) is 0. The fourth-order valence-electron chi connectivity index (χ4n) is 1.41. The van der Waals surface area contributed by atoms with Crippen molar-refractivity contribution in [2.24, 2.45) is 0 Å². The molecule has 0 spiro atoms. The number of aromatic nitrogens is 1. The van der Waals surface area contributed by atoms with Gasteiger partial charge in [0.15, 0.2) is 0 Å². The fraction of sp³-hybridized carbons (Fsp3) is 0.308. The Kier molecular flexibility index (Phi) is 3.26. The Hall–Kier alpha value is -1.26. The van der Waals surface area contributed by atoms with Crippen molar-refractivity contribution < 1.29 is 9.50 Å².